The highest BCUT2D eigenvalue weighted by atomic mass is 32.2. The number of benzene rings is 2. The van der Waals surface area contributed by atoms with Crippen LogP contribution in [-0.4, -0.2) is 31.1 Å². The highest BCUT2D eigenvalue weighted by Crippen LogP contribution is 2.35. The van der Waals surface area contributed by atoms with E-state index in [0.717, 1.165) is 40.7 Å². The normalized spacial score (nSPS) is 16.0. The number of aryl methyl sites for hydroxylation is 1. The Morgan fingerprint density at radius 3 is 2.64 bits per heavy atom. The number of aromatic nitrogens is 1. The van der Waals surface area contributed by atoms with E-state index in [0.29, 0.717) is 18.6 Å². The summed E-state index contributed by atoms with van der Waals surface area (Å²) in [4.78, 5) is 15.3. The molecule has 1 heterocycles. The van der Waals surface area contributed by atoms with Crippen LogP contribution in [0.15, 0.2) is 65.8 Å². The molecular weight excluding hydrogens is 440 g/mol. The maximum Gasteiger partial charge on any atom is 0.341 e. The smallest absolute Gasteiger partial charge is 0.341 e. The lowest BCUT2D eigenvalue weighted by Gasteiger charge is -2.21. The lowest BCUT2D eigenvalue weighted by molar-refractivity contribution is -0.139. The minimum absolute atomic E-state index is 0.191. The van der Waals surface area contributed by atoms with Crippen molar-refractivity contribution < 1.29 is 23.1 Å². The van der Waals surface area contributed by atoms with Crippen molar-refractivity contribution in [3.8, 4) is 16.9 Å². The predicted octanol–water partition coefficient (Wildman–Crippen LogP) is 4.27. The Bertz CT molecular complexity index is 1260. The number of carboxylic acid groups (broad SMARTS) is 1. The number of fused-ring (bicyclic) bond motifs is 1. The molecule has 0 spiro atoms. The lowest BCUT2D eigenvalue weighted by Crippen LogP contribution is -2.29. The number of ether oxygens (including phenoxy) is 1. The van der Waals surface area contributed by atoms with Gasteiger partial charge in [-0.1, -0.05) is 30.7 Å². The van der Waals surface area contributed by atoms with Gasteiger partial charge in [0.2, 0.25) is 10.0 Å². The molecule has 1 aliphatic carbocycles. The quantitative estimate of drug-likeness (QED) is 0.504. The zero-order valence-electron chi connectivity index (χ0n) is 18.3. The molecule has 0 bridgehead atoms. The number of hydrogen-bond acceptors (Lipinski definition) is 5. The van der Waals surface area contributed by atoms with Crippen LogP contribution in [0, 0.1) is 6.92 Å². The van der Waals surface area contributed by atoms with Gasteiger partial charge in [0.05, 0.1) is 4.90 Å². The van der Waals surface area contributed by atoms with Crippen LogP contribution in [0.3, 0.4) is 0 Å². The van der Waals surface area contributed by atoms with Crippen LogP contribution in [0.4, 0.5) is 0 Å². The van der Waals surface area contributed by atoms with E-state index in [2.05, 4.69) is 9.71 Å². The minimum atomic E-state index is -3.77. The summed E-state index contributed by atoms with van der Waals surface area (Å²) in [6, 6.07) is 13.7. The van der Waals surface area contributed by atoms with E-state index in [1.54, 1.807) is 48.8 Å². The van der Waals surface area contributed by atoms with Crippen molar-refractivity contribution in [2.24, 2.45) is 0 Å². The number of rotatable bonds is 7. The van der Waals surface area contributed by atoms with Crippen LogP contribution >= 0.6 is 0 Å². The van der Waals surface area contributed by atoms with Gasteiger partial charge in [0.25, 0.3) is 0 Å². The standard InChI is InChI=1S/C25H26N2O5S/c1-17-13-19(15-26-14-17)18-9-11-20(12-10-18)33(30,31)27-23-7-3-2-5-22-21(23)6-4-8-24(22)32-16-25(28)29/h4,6,8-15,23,27H,2-3,5,7,16H2,1H3,(H,28,29). The van der Waals surface area contributed by atoms with Crippen LogP contribution in [0.2, 0.25) is 0 Å². The number of pyridine rings is 1. The molecule has 0 radical (unpaired) electrons. The number of nitrogens with zero attached hydrogens (tertiary/aromatic N) is 1. The van der Waals surface area contributed by atoms with Crippen molar-refractivity contribution >= 4 is 16.0 Å². The molecule has 0 saturated carbocycles. The topological polar surface area (TPSA) is 106 Å². The molecule has 2 N–H and O–H groups in total. The number of carboxylic acids is 1. The highest BCUT2D eigenvalue weighted by molar-refractivity contribution is 7.89. The van der Waals surface area contributed by atoms with Gasteiger partial charge in [-0.15, -0.1) is 0 Å². The summed E-state index contributed by atoms with van der Waals surface area (Å²) in [6.07, 6.45) is 6.61. The average molecular weight is 467 g/mol. The molecule has 3 aromatic rings. The summed E-state index contributed by atoms with van der Waals surface area (Å²) in [5.41, 5.74) is 4.56. The van der Waals surface area contributed by atoms with Gasteiger partial charge in [0, 0.05) is 24.0 Å². The van der Waals surface area contributed by atoms with Crippen molar-refractivity contribution in [3.63, 3.8) is 0 Å². The third kappa shape index (κ3) is 5.40. The first-order chi connectivity index (χ1) is 15.8. The maximum absolute atomic E-state index is 13.2. The molecule has 4 rings (SSSR count). The van der Waals surface area contributed by atoms with Crippen LogP contribution in [0.25, 0.3) is 11.1 Å². The summed E-state index contributed by atoms with van der Waals surface area (Å²) >= 11 is 0. The summed E-state index contributed by atoms with van der Waals surface area (Å²) in [5.74, 6) is -0.555. The summed E-state index contributed by atoms with van der Waals surface area (Å²) in [6.45, 7) is 1.53. The molecule has 0 amide bonds. The molecule has 2 aromatic carbocycles. The Morgan fingerprint density at radius 1 is 1.12 bits per heavy atom. The van der Waals surface area contributed by atoms with E-state index in [-0.39, 0.29) is 4.90 Å². The SMILES string of the molecule is Cc1cncc(-c2ccc(S(=O)(=O)NC3CCCCc4c(OCC(=O)O)cccc43)cc2)c1. The number of nitrogens with one attached hydrogen (secondary N) is 1. The zero-order valence-corrected chi connectivity index (χ0v) is 19.1. The number of carbonyl (C=O) groups is 1. The van der Waals surface area contributed by atoms with Crippen LogP contribution < -0.4 is 9.46 Å². The first kappa shape index (κ1) is 22.9. The van der Waals surface area contributed by atoms with Gasteiger partial charge in [-0.2, -0.15) is 0 Å². The van der Waals surface area contributed by atoms with Crippen LogP contribution in [-0.2, 0) is 21.2 Å². The van der Waals surface area contributed by atoms with E-state index in [4.69, 9.17) is 9.84 Å². The Balaban J connectivity index is 1.58. The molecular formula is C25H26N2O5S. The van der Waals surface area contributed by atoms with E-state index < -0.39 is 28.6 Å². The fourth-order valence-corrected chi connectivity index (χ4v) is 5.42. The summed E-state index contributed by atoms with van der Waals surface area (Å²) < 4.78 is 34.7. The highest BCUT2D eigenvalue weighted by Gasteiger charge is 2.26. The second-order valence-corrected chi connectivity index (χ2v) is 9.92. The van der Waals surface area contributed by atoms with Crippen molar-refractivity contribution in [1.82, 2.24) is 9.71 Å². The van der Waals surface area contributed by atoms with Gasteiger partial charge >= 0.3 is 5.97 Å². The molecule has 1 atom stereocenters. The molecule has 1 aromatic heterocycles. The van der Waals surface area contributed by atoms with E-state index in [1.165, 1.54) is 0 Å². The number of hydrogen-bond donors (Lipinski definition) is 2. The largest absolute Gasteiger partial charge is 0.482 e. The monoisotopic (exact) mass is 466 g/mol. The molecule has 33 heavy (non-hydrogen) atoms. The third-order valence-electron chi connectivity index (χ3n) is 5.74. The Morgan fingerprint density at radius 2 is 1.91 bits per heavy atom. The second-order valence-electron chi connectivity index (χ2n) is 8.20. The Kier molecular flexibility index (Phi) is 6.76. The fourth-order valence-electron chi connectivity index (χ4n) is 4.17. The van der Waals surface area contributed by atoms with Gasteiger partial charge in [0.1, 0.15) is 5.75 Å². The van der Waals surface area contributed by atoms with Crippen molar-refractivity contribution in [1.29, 1.82) is 0 Å². The van der Waals surface area contributed by atoms with Gasteiger partial charge in [-0.05, 0) is 72.7 Å². The third-order valence-corrected chi connectivity index (χ3v) is 7.22. The molecule has 0 fully saturated rings. The first-order valence-electron chi connectivity index (χ1n) is 10.8. The molecule has 172 valence electrons. The number of aliphatic carboxylic acids is 1. The zero-order chi connectivity index (χ0) is 23.4. The van der Waals surface area contributed by atoms with Crippen molar-refractivity contribution in [2.45, 2.75) is 43.5 Å². The number of sulfonamides is 1. The average Bonchev–Trinajstić information content (AvgIpc) is 3.00. The van der Waals surface area contributed by atoms with Crippen molar-refractivity contribution in [3.05, 3.63) is 77.6 Å². The Labute approximate surface area is 193 Å². The van der Waals surface area contributed by atoms with Gasteiger partial charge in [0.15, 0.2) is 6.61 Å². The van der Waals surface area contributed by atoms with E-state index in [9.17, 15) is 13.2 Å². The van der Waals surface area contributed by atoms with Crippen molar-refractivity contribution in [2.75, 3.05) is 6.61 Å². The molecule has 1 aliphatic rings. The molecule has 0 aliphatic heterocycles. The van der Waals surface area contributed by atoms with Gasteiger partial charge in [-0.25, -0.2) is 17.9 Å². The van der Waals surface area contributed by atoms with E-state index >= 15 is 0 Å². The summed E-state index contributed by atoms with van der Waals surface area (Å²) in [5, 5.41) is 8.95. The summed E-state index contributed by atoms with van der Waals surface area (Å²) in [7, 11) is -3.77. The second kappa shape index (κ2) is 9.72. The fraction of sp³-hybridized carbons (Fsp3) is 0.280. The molecule has 0 saturated heterocycles. The van der Waals surface area contributed by atoms with Gasteiger partial charge in [-0.3, -0.25) is 4.98 Å². The van der Waals surface area contributed by atoms with E-state index in [1.807, 2.05) is 19.1 Å². The molecule has 1 unspecified atom stereocenters. The minimum Gasteiger partial charge on any atom is -0.482 e. The molecule has 7 nitrogen and oxygen atoms in total. The van der Waals surface area contributed by atoms with Crippen LogP contribution in [0.5, 0.6) is 5.75 Å². The predicted molar refractivity (Wildman–Crippen MR) is 125 cm³/mol. The lowest BCUT2D eigenvalue weighted by atomic mass is 9.99. The Hall–Kier alpha value is -3.23. The first-order valence-corrected chi connectivity index (χ1v) is 12.3. The molecule has 8 heteroatoms. The van der Waals surface area contributed by atoms with Gasteiger partial charge < -0.3 is 9.84 Å². The maximum atomic E-state index is 13.2. The van der Waals surface area contributed by atoms with Crippen LogP contribution in [0.1, 0.15) is 42.0 Å².